The molecule has 0 spiro atoms. The third-order valence-corrected chi connectivity index (χ3v) is 3.36. The first-order chi connectivity index (χ1) is 8.72. The van der Waals surface area contributed by atoms with Crippen LogP contribution < -0.4 is 5.32 Å². The fourth-order valence-electron chi connectivity index (χ4n) is 2.43. The van der Waals surface area contributed by atoms with Crippen molar-refractivity contribution in [2.24, 2.45) is 0 Å². The Balaban J connectivity index is 2.15. The normalized spacial score (nSPS) is 15.9. The Hall–Kier alpha value is -1.35. The monoisotopic (exact) mass is 247 g/mol. The molecule has 1 aromatic rings. The number of hydrogen-bond acceptors (Lipinski definition) is 3. The molecule has 18 heavy (non-hydrogen) atoms. The quantitative estimate of drug-likeness (QED) is 0.831. The lowest BCUT2D eigenvalue weighted by Gasteiger charge is -2.20. The second kappa shape index (κ2) is 6.01. The average Bonchev–Trinajstić information content (AvgIpc) is 2.38. The Morgan fingerprint density at radius 3 is 3.11 bits per heavy atom. The van der Waals surface area contributed by atoms with Crippen molar-refractivity contribution >= 4 is 5.97 Å². The molecule has 0 bridgehead atoms. The molecule has 0 aromatic heterocycles. The summed E-state index contributed by atoms with van der Waals surface area (Å²) in [4.78, 5) is 12.2. The van der Waals surface area contributed by atoms with E-state index in [4.69, 9.17) is 4.74 Å². The molecule has 1 heterocycles. The van der Waals surface area contributed by atoms with Crippen LogP contribution in [0.1, 0.15) is 48.2 Å². The van der Waals surface area contributed by atoms with Crippen molar-refractivity contribution in [3.63, 3.8) is 0 Å². The van der Waals surface area contributed by atoms with E-state index in [0.29, 0.717) is 0 Å². The van der Waals surface area contributed by atoms with E-state index in [1.54, 1.807) is 0 Å². The Bertz CT molecular complexity index is 429. The molecule has 3 heteroatoms. The minimum atomic E-state index is -0.172. The van der Waals surface area contributed by atoms with E-state index in [-0.39, 0.29) is 12.1 Å². The van der Waals surface area contributed by atoms with Gasteiger partial charge in [0, 0.05) is 6.54 Å². The van der Waals surface area contributed by atoms with Crippen LogP contribution in [-0.2, 0) is 17.7 Å². The second-order valence-corrected chi connectivity index (χ2v) is 4.87. The van der Waals surface area contributed by atoms with Crippen molar-refractivity contribution in [2.45, 2.75) is 45.8 Å². The number of fused-ring (bicyclic) bond motifs is 1. The molecule has 0 saturated heterocycles. The smallest absolute Gasteiger partial charge is 0.338 e. The van der Waals surface area contributed by atoms with Crippen LogP contribution in [-0.4, -0.2) is 18.6 Å². The van der Waals surface area contributed by atoms with Gasteiger partial charge in [0.1, 0.15) is 0 Å². The molecular weight excluding hydrogens is 226 g/mol. The lowest BCUT2D eigenvalue weighted by Crippen LogP contribution is -2.26. The van der Waals surface area contributed by atoms with Gasteiger partial charge in [0.25, 0.3) is 0 Å². The van der Waals surface area contributed by atoms with E-state index in [2.05, 4.69) is 18.3 Å². The molecule has 1 N–H and O–H groups in total. The third kappa shape index (κ3) is 2.91. The summed E-state index contributed by atoms with van der Waals surface area (Å²) >= 11 is 0. The SMILES string of the molecule is CCCC(C)OC(=O)c1cccc2c1CCNC2. The number of nitrogens with one attached hydrogen (secondary N) is 1. The van der Waals surface area contributed by atoms with Crippen molar-refractivity contribution in [2.75, 3.05) is 6.54 Å². The van der Waals surface area contributed by atoms with Crippen LogP contribution in [0.2, 0.25) is 0 Å². The zero-order valence-electron chi connectivity index (χ0n) is 11.2. The molecule has 98 valence electrons. The van der Waals surface area contributed by atoms with Crippen molar-refractivity contribution in [1.82, 2.24) is 5.32 Å². The van der Waals surface area contributed by atoms with Gasteiger partial charge in [0.2, 0.25) is 0 Å². The Labute approximate surface area is 109 Å². The Morgan fingerprint density at radius 2 is 2.33 bits per heavy atom. The molecule has 0 aliphatic carbocycles. The van der Waals surface area contributed by atoms with Gasteiger partial charge >= 0.3 is 5.97 Å². The Kier molecular flexibility index (Phi) is 4.37. The van der Waals surface area contributed by atoms with Crippen LogP contribution in [0.15, 0.2) is 18.2 Å². The molecule has 1 aliphatic heterocycles. The molecule has 1 atom stereocenters. The van der Waals surface area contributed by atoms with E-state index in [1.807, 2.05) is 19.1 Å². The topological polar surface area (TPSA) is 38.3 Å². The molecule has 0 radical (unpaired) electrons. The number of carbonyl (C=O) groups is 1. The van der Waals surface area contributed by atoms with Crippen molar-refractivity contribution in [3.8, 4) is 0 Å². The summed E-state index contributed by atoms with van der Waals surface area (Å²) in [6, 6.07) is 5.89. The summed E-state index contributed by atoms with van der Waals surface area (Å²) in [6.07, 6.45) is 2.86. The highest BCUT2D eigenvalue weighted by atomic mass is 16.5. The fourth-order valence-corrected chi connectivity index (χ4v) is 2.43. The molecule has 0 saturated carbocycles. The standard InChI is InChI=1S/C15H21NO2/c1-3-5-11(2)18-15(17)14-7-4-6-12-10-16-9-8-13(12)14/h4,6-7,11,16H,3,5,8-10H2,1-2H3. The van der Waals surface area contributed by atoms with Gasteiger partial charge in [-0.3, -0.25) is 0 Å². The minimum absolute atomic E-state index is 0.0000664. The van der Waals surface area contributed by atoms with Crippen LogP contribution in [0.5, 0.6) is 0 Å². The molecule has 1 aromatic carbocycles. The van der Waals surface area contributed by atoms with Gasteiger partial charge in [0.15, 0.2) is 0 Å². The van der Waals surface area contributed by atoms with Gasteiger partial charge in [-0.15, -0.1) is 0 Å². The van der Waals surface area contributed by atoms with Crippen LogP contribution in [0.25, 0.3) is 0 Å². The molecule has 1 aliphatic rings. The van der Waals surface area contributed by atoms with Crippen LogP contribution >= 0.6 is 0 Å². The highest BCUT2D eigenvalue weighted by Crippen LogP contribution is 2.20. The van der Waals surface area contributed by atoms with Gasteiger partial charge in [-0.25, -0.2) is 4.79 Å². The summed E-state index contributed by atoms with van der Waals surface area (Å²) in [7, 11) is 0. The number of benzene rings is 1. The first kappa shape index (κ1) is 13.1. The molecule has 1 unspecified atom stereocenters. The first-order valence-corrected chi connectivity index (χ1v) is 6.74. The number of carbonyl (C=O) groups excluding carboxylic acids is 1. The number of esters is 1. The van der Waals surface area contributed by atoms with Crippen molar-refractivity contribution in [3.05, 3.63) is 34.9 Å². The van der Waals surface area contributed by atoms with E-state index in [9.17, 15) is 4.79 Å². The predicted molar refractivity (Wildman–Crippen MR) is 71.6 cm³/mol. The lowest BCUT2D eigenvalue weighted by atomic mass is 9.95. The lowest BCUT2D eigenvalue weighted by molar-refractivity contribution is 0.0322. The van der Waals surface area contributed by atoms with E-state index in [1.165, 1.54) is 5.56 Å². The van der Waals surface area contributed by atoms with E-state index < -0.39 is 0 Å². The summed E-state index contributed by atoms with van der Waals surface area (Å²) in [5.74, 6) is -0.172. The van der Waals surface area contributed by atoms with Gasteiger partial charge in [0.05, 0.1) is 11.7 Å². The summed E-state index contributed by atoms with van der Waals surface area (Å²) in [6.45, 7) is 5.83. The van der Waals surface area contributed by atoms with Crippen molar-refractivity contribution < 1.29 is 9.53 Å². The predicted octanol–water partition coefficient (Wildman–Crippen LogP) is 2.68. The molecule has 0 amide bonds. The maximum absolute atomic E-state index is 12.2. The van der Waals surface area contributed by atoms with Gasteiger partial charge in [-0.1, -0.05) is 25.5 Å². The summed E-state index contributed by atoms with van der Waals surface area (Å²) in [5.41, 5.74) is 3.13. The van der Waals surface area contributed by atoms with E-state index >= 15 is 0 Å². The number of hydrogen-bond donors (Lipinski definition) is 1. The van der Waals surface area contributed by atoms with Gasteiger partial charge < -0.3 is 10.1 Å². The van der Waals surface area contributed by atoms with Gasteiger partial charge in [-0.2, -0.15) is 0 Å². The van der Waals surface area contributed by atoms with Crippen LogP contribution in [0, 0.1) is 0 Å². The largest absolute Gasteiger partial charge is 0.459 e. The summed E-state index contributed by atoms with van der Waals surface area (Å²) in [5, 5.41) is 3.32. The average molecular weight is 247 g/mol. The third-order valence-electron chi connectivity index (χ3n) is 3.36. The maximum Gasteiger partial charge on any atom is 0.338 e. The zero-order chi connectivity index (χ0) is 13.0. The van der Waals surface area contributed by atoms with Crippen LogP contribution in [0.3, 0.4) is 0 Å². The number of rotatable bonds is 4. The second-order valence-electron chi connectivity index (χ2n) is 4.87. The Morgan fingerprint density at radius 1 is 1.50 bits per heavy atom. The molecule has 3 nitrogen and oxygen atoms in total. The highest BCUT2D eigenvalue weighted by molar-refractivity contribution is 5.91. The highest BCUT2D eigenvalue weighted by Gasteiger charge is 2.19. The maximum atomic E-state index is 12.2. The van der Waals surface area contributed by atoms with Gasteiger partial charge in [-0.05, 0) is 43.5 Å². The summed E-state index contributed by atoms with van der Waals surface area (Å²) < 4.78 is 5.48. The molecule has 2 rings (SSSR count). The van der Waals surface area contributed by atoms with E-state index in [0.717, 1.165) is 43.5 Å². The first-order valence-electron chi connectivity index (χ1n) is 6.74. The molecular formula is C15H21NO2. The zero-order valence-corrected chi connectivity index (χ0v) is 11.2. The fraction of sp³-hybridized carbons (Fsp3) is 0.533. The van der Waals surface area contributed by atoms with Crippen LogP contribution in [0.4, 0.5) is 0 Å². The number of ether oxygens (including phenoxy) is 1. The minimum Gasteiger partial charge on any atom is -0.459 e. The van der Waals surface area contributed by atoms with Crippen molar-refractivity contribution in [1.29, 1.82) is 0 Å². The molecule has 0 fully saturated rings.